The fourth-order valence-electron chi connectivity index (χ4n) is 2.37. The SMILES string of the molecule is Cc1ccc(NCCC(=O)N2CCCCC2)c(Br)c1. The van der Waals surface area contributed by atoms with Gasteiger partial charge in [-0.1, -0.05) is 6.07 Å². The molecule has 0 spiro atoms. The van der Waals surface area contributed by atoms with Crippen molar-refractivity contribution in [2.75, 3.05) is 25.0 Å². The second kappa shape index (κ2) is 6.94. The molecule has 104 valence electrons. The normalized spacial score (nSPS) is 15.4. The van der Waals surface area contributed by atoms with Crippen molar-refractivity contribution >= 4 is 27.5 Å². The summed E-state index contributed by atoms with van der Waals surface area (Å²) in [6.07, 6.45) is 4.14. The summed E-state index contributed by atoms with van der Waals surface area (Å²) in [6, 6.07) is 6.19. The van der Waals surface area contributed by atoms with E-state index in [1.807, 2.05) is 11.0 Å². The highest BCUT2D eigenvalue weighted by molar-refractivity contribution is 9.10. The Morgan fingerprint density at radius 3 is 2.74 bits per heavy atom. The topological polar surface area (TPSA) is 32.3 Å². The lowest BCUT2D eigenvalue weighted by atomic mass is 10.1. The van der Waals surface area contributed by atoms with Crippen molar-refractivity contribution < 1.29 is 4.79 Å². The molecule has 19 heavy (non-hydrogen) atoms. The van der Waals surface area contributed by atoms with Crippen molar-refractivity contribution in [3.8, 4) is 0 Å². The number of piperidine rings is 1. The van der Waals surface area contributed by atoms with Gasteiger partial charge in [0.15, 0.2) is 0 Å². The predicted octanol–water partition coefficient (Wildman–Crippen LogP) is 3.57. The van der Waals surface area contributed by atoms with Crippen LogP contribution in [0.25, 0.3) is 0 Å². The van der Waals surface area contributed by atoms with Crippen LogP contribution in [0.1, 0.15) is 31.2 Å². The Labute approximate surface area is 123 Å². The summed E-state index contributed by atoms with van der Waals surface area (Å²) in [5, 5.41) is 3.32. The maximum atomic E-state index is 12.0. The van der Waals surface area contributed by atoms with Crippen LogP contribution in [0.3, 0.4) is 0 Å². The van der Waals surface area contributed by atoms with Crippen molar-refractivity contribution in [1.82, 2.24) is 4.90 Å². The minimum absolute atomic E-state index is 0.274. The third kappa shape index (κ3) is 4.23. The predicted molar refractivity (Wildman–Crippen MR) is 82.4 cm³/mol. The second-order valence-corrected chi connectivity index (χ2v) is 5.96. The second-order valence-electron chi connectivity index (χ2n) is 5.10. The Bertz CT molecular complexity index is 442. The number of carbonyl (C=O) groups is 1. The summed E-state index contributed by atoms with van der Waals surface area (Å²) < 4.78 is 1.05. The van der Waals surface area contributed by atoms with E-state index in [0.717, 1.165) is 36.1 Å². The van der Waals surface area contributed by atoms with Crippen molar-refractivity contribution in [2.24, 2.45) is 0 Å². The van der Waals surface area contributed by atoms with Crippen molar-refractivity contribution in [3.63, 3.8) is 0 Å². The van der Waals surface area contributed by atoms with Gasteiger partial charge >= 0.3 is 0 Å². The van der Waals surface area contributed by atoms with Crippen molar-refractivity contribution in [2.45, 2.75) is 32.6 Å². The summed E-state index contributed by atoms with van der Waals surface area (Å²) in [4.78, 5) is 14.0. The van der Waals surface area contributed by atoms with Crippen LogP contribution in [0.5, 0.6) is 0 Å². The summed E-state index contributed by atoms with van der Waals surface area (Å²) in [6.45, 7) is 4.63. The molecule has 1 aliphatic heterocycles. The number of rotatable bonds is 4. The zero-order valence-corrected chi connectivity index (χ0v) is 13.0. The third-order valence-electron chi connectivity index (χ3n) is 3.49. The Morgan fingerprint density at radius 1 is 1.32 bits per heavy atom. The molecule has 1 aromatic rings. The van der Waals surface area contributed by atoms with Crippen molar-refractivity contribution in [3.05, 3.63) is 28.2 Å². The number of hydrogen-bond acceptors (Lipinski definition) is 2. The Hall–Kier alpha value is -1.03. The Balaban J connectivity index is 1.78. The van der Waals surface area contributed by atoms with Gasteiger partial charge in [-0.3, -0.25) is 4.79 Å². The lowest BCUT2D eigenvalue weighted by Crippen LogP contribution is -2.36. The minimum atomic E-state index is 0.274. The quantitative estimate of drug-likeness (QED) is 0.918. The number of carbonyl (C=O) groups excluding carboxylic acids is 1. The van der Waals surface area contributed by atoms with E-state index in [1.165, 1.54) is 12.0 Å². The molecule has 0 bridgehead atoms. The molecule has 0 aromatic heterocycles. The van der Waals surface area contributed by atoms with Crippen LogP contribution in [0.4, 0.5) is 5.69 Å². The number of amides is 1. The average Bonchev–Trinajstić information content (AvgIpc) is 2.42. The zero-order chi connectivity index (χ0) is 13.7. The van der Waals surface area contributed by atoms with E-state index < -0.39 is 0 Å². The number of hydrogen-bond donors (Lipinski definition) is 1. The number of anilines is 1. The maximum absolute atomic E-state index is 12.0. The highest BCUT2D eigenvalue weighted by Crippen LogP contribution is 2.23. The first-order chi connectivity index (χ1) is 9.16. The van der Waals surface area contributed by atoms with Gasteiger partial charge in [-0.15, -0.1) is 0 Å². The van der Waals surface area contributed by atoms with E-state index in [9.17, 15) is 4.79 Å². The molecular weight excluding hydrogens is 304 g/mol. The molecule has 3 nitrogen and oxygen atoms in total. The summed E-state index contributed by atoms with van der Waals surface area (Å²) >= 11 is 3.53. The number of halogens is 1. The minimum Gasteiger partial charge on any atom is -0.384 e. The average molecular weight is 325 g/mol. The lowest BCUT2D eigenvalue weighted by molar-refractivity contribution is -0.131. The molecule has 1 heterocycles. The van der Waals surface area contributed by atoms with E-state index >= 15 is 0 Å². The van der Waals surface area contributed by atoms with Gasteiger partial charge in [-0.2, -0.15) is 0 Å². The van der Waals surface area contributed by atoms with Crippen LogP contribution < -0.4 is 5.32 Å². The zero-order valence-electron chi connectivity index (χ0n) is 11.4. The molecule has 0 atom stereocenters. The smallest absolute Gasteiger partial charge is 0.224 e. The highest BCUT2D eigenvalue weighted by Gasteiger charge is 2.15. The fourth-order valence-corrected chi connectivity index (χ4v) is 3.00. The summed E-state index contributed by atoms with van der Waals surface area (Å²) in [7, 11) is 0. The first-order valence-corrected chi connectivity index (χ1v) is 7.74. The van der Waals surface area contributed by atoms with E-state index in [4.69, 9.17) is 0 Å². The molecule has 0 unspecified atom stereocenters. The maximum Gasteiger partial charge on any atom is 0.224 e. The third-order valence-corrected chi connectivity index (χ3v) is 4.14. The first-order valence-electron chi connectivity index (χ1n) is 6.94. The van der Waals surface area contributed by atoms with Crippen LogP contribution in [-0.4, -0.2) is 30.4 Å². The van der Waals surface area contributed by atoms with Gasteiger partial charge in [0.1, 0.15) is 0 Å². The molecule has 1 aliphatic rings. The summed E-state index contributed by atoms with van der Waals surface area (Å²) in [5.41, 5.74) is 2.28. The molecule has 1 saturated heterocycles. The van der Waals surface area contributed by atoms with Gasteiger partial charge in [-0.05, 0) is 59.8 Å². The molecule has 1 amide bonds. The molecule has 0 aliphatic carbocycles. The molecule has 1 N–H and O–H groups in total. The molecule has 1 aromatic carbocycles. The van der Waals surface area contributed by atoms with Crippen LogP contribution in [-0.2, 0) is 4.79 Å². The van der Waals surface area contributed by atoms with Gasteiger partial charge in [0.05, 0.1) is 0 Å². The largest absolute Gasteiger partial charge is 0.384 e. The van der Waals surface area contributed by atoms with E-state index in [-0.39, 0.29) is 5.91 Å². The number of aryl methyl sites for hydroxylation is 1. The van der Waals surface area contributed by atoms with E-state index in [1.54, 1.807) is 0 Å². The molecule has 1 fully saturated rings. The number of nitrogens with zero attached hydrogens (tertiary/aromatic N) is 1. The Morgan fingerprint density at radius 2 is 2.05 bits per heavy atom. The van der Waals surface area contributed by atoms with Crippen LogP contribution in [0, 0.1) is 6.92 Å². The van der Waals surface area contributed by atoms with Gasteiger partial charge < -0.3 is 10.2 Å². The standard InChI is InChI=1S/C15H21BrN2O/c1-12-5-6-14(13(16)11-12)17-8-7-15(19)18-9-3-2-4-10-18/h5-6,11,17H,2-4,7-10H2,1H3. The van der Waals surface area contributed by atoms with Gasteiger partial charge in [-0.25, -0.2) is 0 Å². The van der Waals surface area contributed by atoms with Gasteiger partial charge in [0.2, 0.25) is 5.91 Å². The number of benzene rings is 1. The summed E-state index contributed by atoms with van der Waals surface area (Å²) in [5.74, 6) is 0.274. The lowest BCUT2D eigenvalue weighted by Gasteiger charge is -2.26. The fraction of sp³-hybridized carbons (Fsp3) is 0.533. The highest BCUT2D eigenvalue weighted by atomic mass is 79.9. The molecular formula is C15H21BrN2O. The molecule has 2 rings (SSSR count). The van der Waals surface area contributed by atoms with Crippen LogP contribution in [0.15, 0.2) is 22.7 Å². The number of nitrogens with one attached hydrogen (secondary N) is 1. The monoisotopic (exact) mass is 324 g/mol. The van der Waals surface area contributed by atoms with Gasteiger partial charge in [0.25, 0.3) is 0 Å². The molecule has 0 radical (unpaired) electrons. The van der Waals surface area contributed by atoms with Crippen LogP contribution >= 0.6 is 15.9 Å². The van der Waals surface area contributed by atoms with Crippen molar-refractivity contribution in [1.29, 1.82) is 0 Å². The number of likely N-dealkylation sites (tertiary alicyclic amines) is 1. The van der Waals surface area contributed by atoms with Crippen LogP contribution in [0.2, 0.25) is 0 Å². The molecule has 4 heteroatoms. The molecule has 0 saturated carbocycles. The van der Waals surface area contributed by atoms with Gasteiger partial charge in [0, 0.05) is 36.2 Å². The Kier molecular flexibility index (Phi) is 5.25. The van der Waals surface area contributed by atoms with E-state index in [2.05, 4.69) is 40.3 Å². The van der Waals surface area contributed by atoms with E-state index in [0.29, 0.717) is 13.0 Å². The first kappa shape index (κ1) is 14.4.